The highest BCUT2D eigenvalue weighted by atomic mass is 35.5. The fraction of sp³-hybridized carbons (Fsp3) is 0.625. The first-order valence-electron chi connectivity index (χ1n) is 7.36. The minimum Gasteiger partial charge on any atom is -0.314 e. The van der Waals surface area contributed by atoms with E-state index in [2.05, 4.69) is 18.3 Å². The van der Waals surface area contributed by atoms with Crippen LogP contribution in [0.4, 0.5) is 0 Å². The highest BCUT2D eigenvalue weighted by Gasteiger charge is 2.20. The van der Waals surface area contributed by atoms with Gasteiger partial charge in [0.15, 0.2) is 0 Å². The molecule has 1 aliphatic carbocycles. The van der Waals surface area contributed by atoms with E-state index in [0.29, 0.717) is 16.1 Å². The summed E-state index contributed by atoms with van der Waals surface area (Å²) >= 11 is 12.1. The molecule has 1 N–H and O–H groups in total. The molecule has 2 unspecified atom stereocenters. The second kappa shape index (κ2) is 7.52. The van der Waals surface area contributed by atoms with Crippen LogP contribution in [-0.2, 0) is 6.42 Å². The molecule has 0 amide bonds. The quantitative estimate of drug-likeness (QED) is 0.763. The van der Waals surface area contributed by atoms with Crippen molar-refractivity contribution in [2.45, 2.75) is 51.5 Å². The first-order chi connectivity index (χ1) is 9.19. The summed E-state index contributed by atoms with van der Waals surface area (Å²) in [4.78, 5) is 0. The van der Waals surface area contributed by atoms with Crippen molar-refractivity contribution < 1.29 is 0 Å². The van der Waals surface area contributed by atoms with Crippen LogP contribution < -0.4 is 5.32 Å². The molecule has 2 rings (SSSR count). The molecule has 0 spiro atoms. The largest absolute Gasteiger partial charge is 0.314 e. The Morgan fingerprint density at radius 3 is 2.68 bits per heavy atom. The number of hydrogen-bond donors (Lipinski definition) is 1. The Labute approximate surface area is 126 Å². The van der Waals surface area contributed by atoms with Crippen LogP contribution in [0.15, 0.2) is 18.2 Å². The summed E-state index contributed by atoms with van der Waals surface area (Å²) in [6.45, 7) is 3.27. The molecule has 1 fully saturated rings. The molecular weight excluding hydrogens is 277 g/mol. The highest BCUT2D eigenvalue weighted by molar-refractivity contribution is 6.42. The monoisotopic (exact) mass is 299 g/mol. The Kier molecular flexibility index (Phi) is 6.00. The van der Waals surface area contributed by atoms with Crippen molar-refractivity contribution in [3.8, 4) is 0 Å². The lowest BCUT2D eigenvalue weighted by molar-refractivity contribution is 0.389. The van der Waals surface area contributed by atoms with Gasteiger partial charge < -0.3 is 5.32 Å². The Balaban J connectivity index is 1.97. The van der Waals surface area contributed by atoms with Crippen molar-refractivity contribution in [1.82, 2.24) is 5.32 Å². The molecule has 0 radical (unpaired) electrons. The van der Waals surface area contributed by atoms with Gasteiger partial charge in [0.1, 0.15) is 0 Å². The zero-order valence-electron chi connectivity index (χ0n) is 11.6. The van der Waals surface area contributed by atoms with E-state index in [1.54, 1.807) is 0 Å². The Morgan fingerprint density at radius 1 is 1.16 bits per heavy atom. The predicted octanol–water partition coefficient (Wildman–Crippen LogP) is 5.09. The summed E-state index contributed by atoms with van der Waals surface area (Å²) in [5.41, 5.74) is 1.32. The highest BCUT2D eigenvalue weighted by Crippen LogP contribution is 2.29. The maximum absolute atomic E-state index is 6.10. The van der Waals surface area contributed by atoms with Crippen molar-refractivity contribution >= 4 is 23.2 Å². The van der Waals surface area contributed by atoms with Crippen LogP contribution in [0.25, 0.3) is 0 Å². The third-order valence-electron chi connectivity index (χ3n) is 4.03. The molecule has 0 heterocycles. The van der Waals surface area contributed by atoms with Gasteiger partial charge in [-0.2, -0.15) is 0 Å². The van der Waals surface area contributed by atoms with Gasteiger partial charge in [-0.05, 0) is 49.4 Å². The Hall–Kier alpha value is -0.240. The van der Waals surface area contributed by atoms with E-state index >= 15 is 0 Å². The Morgan fingerprint density at radius 2 is 1.95 bits per heavy atom. The van der Waals surface area contributed by atoms with E-state index in [0.717, 1.165) is 18.9 Å². The van der Waals surface area contributed by atoms with E-state index in [9.17, 15) is 0 Å². The standard InChI is InChI=1S/C16H23Cl2N/c1-2-19-14-6-4-3-5-12(10-14)9-13-7-8-15(17)16(18)11-13/h7-8,11-12,14,19H,2-6,9-10H2,1H3. The minimum atomic E-state index is 0.650. The number of nitrogens with one attached hydrogen (secondary N) is 1. The molecule has 3 heteroatoms. The van der Waals surface area contributed by atoms with Crippen LogP contribution in [0, 0.1) is 5.92 Å². The summed E-state index contributed by atoms with van der Waals surface area (Å²) in [6, 6.07) is 6.75. The molecule has 0 aromatic heterocycles. The fourth-order valence-corrected chi connectivity index (χ4v) is 3.44. The van der Waals surface area contributed by atoms with E-state index in [1.807, 2.05) is 12.1 Å². The number of halogens is 2. The average molecular weight is 300 g/mol. The van der Waals surface area contributed by atoms with E-state index in [1.165, 1.54) is 37.7 Å². The van der Waals surface area contributed by atoms with Gasteiger partial charge in [-0.3, -0.25) is 0 Å². The van der Waals surface area contributed by atoms with Crippen LogP contribution in [0.1, 0.15) is 44.6 Å². The van der Waals surface area contributed by atoms with Crippen molar-refractivity contribution in [3.05, 3.63) is 33.8 Å². The lowest BCUT2D eigenvalue weighted by Gasteiger charge is -2.21. The smallest absolute Gasteiger partial charge is 0.0595 e. The second-order valence-electron chi connectivity index (χ2n) is 5.59. The molecule has 19 heavy (non-hydrogen) atoms. The molecule has 0 aliphatic heterocycles. The molecule has 2 atom stereocenters. The molecule has 1 aromatic carbocycles. The van der Waals surface area contributed by atoms with Gasteiger partial charge in [-0.25, -0.2) is 0 Å². The van der Waals surface area contributed by atoms with Crippen molar-refractivity contribution in [1.29, 1.82) is 0 Å². The number of hydrogen-bond acceptors (Lipinski definition) is 1. The maximum Gasteiger partial charge on any atom is 0.0595 e. The first kappa shape index (κ1) is 15.2. The zero-order valence-corrected chi connectivity index (χ0v) is 13.1. The molecule has 1 aromatic rings. The van der Waals surface area contributed by atoms with Crippen molar-refractivity contribution in [2.75, 3.05) is 6.54 Å². The van der Waals surface area contributed by atoms with Crippen LogP contribution >= 0.6 is 23.2 Å². The normalized spacial score (nSPS) is 24.2. The predicted molar refractivity (Wildman–Crippen MR) is 84.2 cm³/mol. The van der Waals surface area contributed by atoms with Crippen LogP contribution in [0.5, 0.6) is 0 Å². The van der Waals surface area contributed by atoms with Gasteiger partial charge in [0.2, 0.25) is 0 Å². The summed E-state index contributed by atoms with van der Waals surface area (Å²) in [6.07, 6.45) is 7.78. The summed E-state index contributed by atoms with van der Waals surface area (Å²) < 4.78 is 0. The van der Waals surface area contributed by atoms with Crippen molar-refractivity contribution in [2.24, 2.45) is 5.92 Å². The fourth-order valence-electron chi connectivity index (χ4n) is 3.12. The minimum absolute atomic E-state index is 0.650. The molecule has 106 valence electrons. The SMILES string of the molecule is CCNC1CCCCC(Cc2ccc(Cl)c(Cl)c2)C1. The molecular formula is C16H23Cl2N. The van der Waals surface area contributed by atoms with Crippen LogP contribution in [-0.4, -0.2) is 12.6 Å². The van der Waals surface area contributed by atoms with Gasteiger partial charge in [-0.1, -0.05) is 55.5 Å². The molecule has 0 saturated heterocycles. The summed E-state index contributed by atoms with van der Waals surface area (Å²) in [7, 11) is 0. The molecule has 1 aliphatic rings. The van der Waals surface area contributed by atoms with Crippen LogP contribution in [0.2, 0.25) is 10.0 Å². The lowest BCUT2D eigenvalue weighted by Crippen LogP contribution is -2.30. The van der Waals surface area contributed by atoms with Gasteiger partial charge >= 0.3 is 0 Å². The zero-order chi connectivity index (χ0) is 13.7. The third-order valence-corrected chi connectivity index (χ3v) is 4.77. The van der Waals surface area contributed by atoms with E-state index in [4.69, 9.17) is 23.2 Å². The van der Waals surface area contributed by atoms with E-state index < -0.39 is 0 Å². The van der Waals surface area contributed by atoms with Gasteiger partial charge in [0, 0.05) is 6.04 Å². The number of benzene rings is 1. The number of rotatable bonds is 4. The third kappa shape index (κ3) is 4.66. The van der Waals surface area contributed by atoms with Crippen molar-refractivity contribution in [3.63, 3.8) is 0 Å². The summed E-state index contributed by atoms with van der Waals surface area (Å²) in [5.74, 6) is 0.767. The first-order valence-corrected chi connectivity index (χ1v) is 8.12. The summed E-state index contributed by atoms with van der Waals surface area (Å²) in [5, 5.41) is 4.94. The van der Waals surface area contributed by atoms with E-state index in [-0.39, 0.29) is 0 Å². The molecule has 1 nitrogen and oxygen atoms in total. The molecule has 1 saturated carbocycles. The maximum atomic E-state index is 6.10. The topological polar surface area (TPSA) is 12.0 Å². The van der Waals surface area contributed by atoms with Gasteiger partial charge in [0.25, 0.3) is 0 Å². The average Bonchev–Trinajstić information content (AvgIpc) is 2.60. The lowest BCUT2D eigenvalue weighted by atomic mass is 9.91. The second-order valence-corrected chi connectivity index (χ2v) is 6.41. The van der Waals surface area contributed by atoms with Gasteiger partial charge in [-0.15, -0.1) is 0 Å². The van der Waals surface area contributed by atoms with Gasteiger partial charge in [0.05, 0.1) is 10.0 Å². The van der Waals surface area contributed by atoms with Crippen LogP contribution in [0.3, 0.4) is 0 Å². The molecule has 0 bridgehead atoms. The Bertz CT molecular complexity index is 406.